The highest BCUT2D eigenvalue weighted by Gasteiger charge is 2.29. The van der Waals surface area contributed by atoms with E-state index in [2.05, 4.69) is 53.7 Å². The average molecular weight is 281 g/mol. The lowest BCUT2D eigenvalue weighted by molar-refractivity contribution is 0.256. The molecule has 2 aromatic rings. The van der Waals surface area contributed by atoms with Gasteiger partial charge in [-0.15, -0.1) is 0 Å². The van der Waals surface area contributed by atoms with Crippen LogP contribution < -0.4 is 0 Å². The summed E-state index contributed by atoms with van der Waals surface area (Å²) in [4.78, 5) is 6.05. The van der Waals surface area contributed by atoms with Gasteiger partial charge in [0.15, 0.2) is 5.69 Å². The highest BCUT2D eigenvalue weighted by atomic mass is 15.1. The Balaban J connectivity index is 1.96. The molecule has 2 unspecified atom stereocenters. The van der Waals surface area contributed by atoms with Crippen LogP contribution in [0.25, 0.3) is 15.7 Å². The van der Waals surface area contributed by atoms with E-state index >= 15 is 0 Å². The molecular formula is C18H23N3. The number of aryl methyl sites for hydroxylation is 1. The van der Waals surface area contributed by atoms with Crippen molar-refractivity contribution in [1.29, 1.82) is 0 Å². The van der Waals surface area contributed by atoms with Crippen LogP contribution in [-0.4, -0.2) is 29.1 Å². The molecule has 21 heavy (non-hydrogen) atoms. The van der Waals surface area contributed by atoms with E-state index in [9.17, 15) is 0 Å². The van der Waals surface area contributed by atoms with Crippen molar-refractivity contribution in [3.05, 3.63) is 41.4 Å². The lowest BCUT2D eigenvalue weighted by Crippen LogP contribution is -2.28. The summed E-state index contributed by atoms with van der Waals surface area (Å²) < 4.78 is 2.20. The van der Waals surface area contributed by atoms with E-state index in [0.29, 0.717) is 12.0 Å². The standard InChI is InChI=1S/C18H23N3/c1-5-20(3)15-8-6-13(10-15)17-12-21(4)18-9-7-14(19-2)11-16(17)18/h7,9,11-13,15H,5-6,8,10H2,1,3-4H3. The molecule has 0 aliphatic heterocycles. The van der Waals surface area contributed by atoms with Gasteiger partial charge in [-0.3, -0.25) is 0 Å². The van der Waals surface area contributed by atoms with Crippen molar-refractivity contribution >= 4 is 16.6 Å². The molecule has 1 aliphatic carbocycles. The fraction of sp³-hybridized carbons (Fsp3) is 0.500. The smallest absolute Gasteiger partial charge is 0.187 e. The van der Waals surface area contributed by atoms with Crippen molar-refractivity contribution < 1.29 is 0 Å². The van der Waals surface area contributed by atoms with Crippen molar-refractivity contribution in [1.82, 2.24) is 9.47 Å². The van der Waals surface area contributed by atoms with Gasteiger partial charge >= 0.3 is 0 Å². The molecule has 0 amide bonds. The quantitative estimate of drug-likeness (QED) is 0.763. The maximum absolute atomic E-state index is 7.23. The second kappa shape index (κ2) is 5.54. The summed E-state index contributed by atoms with van der Waals surface area (Å²) in [5.74, 6) is 0.633. The van der Waals surface area contributed by atoms with Crippen LogP contribution in [0.5, 0.6) is 0 Å². The van der Waals surface area contributed by atoms with Gasteiger partial charge in [-0.25, -0.2) is 4.85 Å². The van der Waals surface area contributed by atoms with Gasteiger partial charge in [0.05, 0.1) is 6.57 Å². The van der Waals surface area contributed by atoms with E-state index in [1.54, 1.807) is 0 Å². The second-order valence-electron chi connectivity index (χ2n) is 6.25. The monoisotopic (exact) mass is 281 g/mol. The predicted molar refractivity (Wildman–Crippen MR) is 87.9 cm³/mol. The van der Waals surface area contributed by atoms with Crippen LogP contribution in [-0.2, 0) is 7.05 Å². The van der Waals surface area contributed by atoms with Crippen LogP contribution in [0.15, 0.2) is 24.4 Å². The number of rotatable bonds is 3. The zero-order chi connectivity index (χ0) is 15.0. The van der Waals surface area contributed by atoms with E-state index in [1.807, 2.05) is 6.07 Å². The molecule has 0 bridgehead atoms. The van der Waals surface area contributed by atoms with Gasteiger partial charge < -0.3 is 9.47 Å². The first-order chi connectivity index (χ1) is 10.1. The molecule has 3 rings (SSSR count). The lowest BCUT2D eigenvalue weighted by atomic mass is 9.96. The first-order valence-corrected chi connectivity index (χ1v) is 7.80. The Morgan fingerprint density at radius 2 is 2.19 bits per heavy atom. The summed E-state index contributed by atoms with van der Waals surface area (Å²) in [5.41, 5.74) is 3.42. The summed E-state index contributed by atoms with van der Waals surface area (Å²) in [6, 6.07) is 6.77. The van der Waals surface area contributed by atoms with Crippen molar-refractivity contribution in [2.24, 2.45) is 7.05 Å². The number of aromatic nitrogens is 1. The van der Waals surface area contributed by atoms with E-state index in [0.717, 1.165) is 12.2 Å². The molecular weight excluding hydrogens is 258 g/mol. The SMILES string of the molecule is [C-]#[N+]c1ccc2c(c1)c(C1CCC(N(C)CC)C1)cn2C. The summed E-state index contributed by atoms with van der Waals surface area (Å²) in [6.45, 7) is 10.6. The van der Waals surface area contributed by atoms with Gasteiger partial charge in [0.2, 0.25) is 0 Å². The molecule has 1 aliphatic rings. The Labute approximate surface area is 127 Å². The first-order valence-electron chi connectivity index (χ1n) is 7.80. The van der Waals surface area contributed by atoms with Gasteiger partial charge in [-0.05, 0) is 61.9 Å². The van der Waals surface area contributed by atoms with Crippen LogP contribution >= 0.6 is 0 Å². The molecule has 1 aromatic carbocycles. The van der Waals surface area contributed by atoms with Crippen LogP contribution in [0, 0.1) is 6.57 Å². The van der Waals surface area contributed by atoms with Crippen molar-refractivity contribution in [2.75, 3.05) is 13.6 Å². The van der Waals surface area contributed by atoms with Gasteiger partial charge in [-0.2, -0.15) is 0 Å². The van der Waals surface area contributed by atoms with Crippen LogP contribution in [0.1, 0.15) is 37.7 Å². The zero-order valence-corrected chi connectivity index (χ0v) is 13.1. The lowest BCUT2D eigenvalue weighted by Gasteiger charge is -2.22. The fourth-order valence-corrected chi connectivity index (χ4v) is 3.70. The van der Waals surface area contributed by atoms with Crippen LogP contribution in [0.2, 0.25) is 0 Å². The molecule has 1 heterocycles. The first kappa shape index (κ1) is 14.2. The Morgan fingerprint density at radius 3 is 2.90 bits per heavy atom. The minimum atomic E-state index is 0.633. The van der Waals surface area contributed by atoms with E-state index in [4.69, 9.17) is 6.57 Å². The largest absolute Gasteiger partial charge is 0.350 e. The summed E-state index contributed by atoms with van der Waals surface area (Å²) in [6.07, 6.45) is 6.06. The highest BCUT2D eigenvalue weighted by molar-refractivity contribution is 5.87. The molecule has 1 aromatic heterocycles. The van der Waals surface area contributed by atoms with Gasteiger partial charge in [0.25, 0.3) is 0 Å². The van der Waals surface area contributed by atoms with E-state index < -0.39 is 0 Å². The normalized spacial score (nSPS) is 22.0. The zero-order valence-electron chi connectivity index (χ0n) is 13.1. The predicted octanol–water partition coefficient (Wildman–Crippen LogP) is 4.32. The number of hydrogen-bond acceptors (Lipinski definition) is 1. The Bertz CT molecular complexity index is 692. The minimum Gasteiger partial charge on any atom is -0.350 e. The Morgan fingerprint density at radius 1 is 1.38 bits per heavy atom. The number of hydrogen-bond donors (Lipinski definition) is 0. The molecule has 1 fully saturated rings. The van der Waals surface area contributed by atoms with Gasteiger partial charge in [0, 0.05) is 24.8 Å². The molecule has 1 saturated carbocycles. The van der Waals surface area contributed by atoms with Gasteiger partial charge in [-0.1, -0.05) is 13.0 Å². The topological polar surface area (TPSA) is 12.5 Å². The van der Waals surface area contributed by atoms with Gasteiger partial charge in [0.1, 0.15) is 0 Å². The number of fused-ring (bicyclic) bond motifs is 1. The molecule has 0 saturated heterocycles. The fourth-order valence-electron chi connectivity index (χ4n) is 3.70. The number of benzene rings is 1. The average Bonchev–Trinajstić information content (AvgIpc) is 3.11. The Hall–Kier alpha value is -1.79. The maximum Gasteiger partial charge on any atom is 0.187 e. The third-order valence-corrected chi connectivity index (χ3v) is 5.10. The highest BCUT2D eigenvalue weighted by Crippen LogP contribution is 2.40. The summed E-state index contributed by atoms with van der Waals surface area (Å²) in [5, 5.41) is 1.27. The summed E-state index contributed by atoms with van der Waals surface area (Å²) in [7, 11) is 4.33. The number of nitrogens with zero attached hydrogens (tertiary/aromatic N) is 3. The molecule has 3 heteroatoms. The molecule has 0 N–H and O–H groups in total. The van der Waals surface area contributed by atoms with Crippen LogP contribution in [0.3, 0.4) is 0 Å². The molecule has 110 valence electrons. The third kappa shape index (κ3) is 2.45. The minimum absolute atomic E-state index is 0.633. The summed E-state index contributed by atoms with van der Waals surface area (Å²) >= 11 is 0. The van der Waals surface area contributed by atoms with Crippen molar-refractivity contribution in [3.8, 4) is 0 Å². The molecule has 2 atom stereocenters. The Kier molecular flexibility index (Phi) is 3.73. The van der Waals surface area contributed by atoms with Crippen LogP contribution in [0.4, 0.5) is 5.69 Å². The molecule has 3 nitrogen and oxygen atoms in total. The second-order valence-corrected chi connectivity index (χ2v) is 6.25. The van der Waals surface area contributed by atoms with E-state index in [1.165, 1.54) is 35.7 Å². The molecule has 0 radical (unpaired) electrons. The maximum atomic E-state index is 7.23. The molecule has 0 spiro atoms. The van der Waals surface area contributed by atoms with Crippen molar-refractivity contribution in [3.63, 3.8) is 0 Å². The van der Waals surface area contributed by atoms with E-state index in [-0.39, 0.29) is 0 Å². The third-order valence-electron chi connectivity index (χ3n) is 5.10. The van der Waals surface area contributed by atoms with Crippen molar-refractivity contribution in [2.45, 2.75) is 38.1 Å².